The number of nitrogens with one attached hydrogen (secondary N) is 2. The molecule has 4 N–H and O–H groups in total. The number of fused-ring (bicyclic) bond motifs is 1. The van der Waals surface area contributed by atoms with Crippen LogP contribution in [0.25, 0.3) is 10.9 Å². The van der Waals surface area contributed by atoms with Gasteiger partial charge in [-0.3, -0.25) is 14.4 Å². The third kappa shape index (κ3) is 5.66. The highest BCUT2D eigenvalue weighted by atomic mass is 16.5. The van der Waals surface area contributed by atoms with Crippen LogP contribution in [0.15, 0.2) is 53.6 Å². The Kier molecular flexibility index (Phi) is 6.61. The molecule has 2 aromatic carbocycles. The first-order valence-electron chi connectivity index (χ1n) is 9.28. The molecule has 0 bridgehead atoms. The number of hydrogen-bond donors (Lipinski definition) is 4. The summed E-state index contributed by atoms with van der Waals surface area (Å²) in [6.45, 7) is 0.187. The number of rotatable bonds is 9. The number of carbonyl (C=O) groups excluding carboxylic acids is 1. The molecule has 1 atom stereocenters. The summed E-state index contributed by atoms with van der Waals surface area (Å²) in [6.07, 6.45) is 0.742. The molecule has 1 heterocycles. The summed E-state index contributed by atoms with van der Waals surface area (Å²) in [5, 5.41) is 20.6. The molecule has 0 saturated carbocycles. The maximum atomic E-state index is 12.3. The maximum absolute atomic E-state index is 12.3. The SMILES string of the molecule is O=C(O)CCC(NC(=O)c1ccc(OCc2ccc3nc[nH]c(=O)c3c2)cc1)C(=O)O. The van der Waals surface area contributed by atoms with E-state index in [2.05, 4.69) is 15.3 Å². The average Bonchev–Trinajstić information content (AvgIpc) is 2.75. The van der Waals surface area contributed by atoms with E-state index in [9.17, 15) is 19.2 Å². The molecule has 10 heteroatoms. The van der Waals surface area contributed by atoms with Crippen LogP contribution in [-0.4, -0.2) is 44.1 Å². The van der Waals surface area contributed by atoms with Crippen molar-refractivity contribution in [3.05, 3.63) is 70.3 Å². The van der Waals surface area contributed by atoms with Crippen LogP contribution in [0.3, 0.4) is 0 Å². The zero-order valence-corrected chi connectivity index (χ0v) is 16.2. The van der Waals surface area contributed by atoms with Gasteiger partial charge in [-0.15, -0.1) is 0 Å². The lowest BCUT2D eigenvalue weighted by Crippen LogP contribution is -2.41. The van der Waals surface area contributed by atoms with E-state index < -0.39 is 23.9 Å². The normalized spacial score (nSPS) is 11.6. The van der Waals surface area contributed by atoms with Gasteiger partial charge in [0, 0.05) is 12.0 Å². The summed E-state index contributed by atoms with van der Waals surface area (Å²) in [7, 11) is 0. The number of amides is 1. The van der Waals surface area contributed by atoms with Crippen molar-refractivity contribution in [2.24, 2.45) is 0 Å². The monoisotopic (exact) mass is 425 g/mol. The summed E-state index contributed by atoms with van der Waals surface area (Å²) in [5.41, 5.74) is 1.30. The molecule has 0 aliphatic carbocycles. The fourth-order valence-corrected chi connectivity index (χ4v) is 2.84. The van der Waals surface area contributed by atoms with E-state index in [-0.39, 0.29) is 30.6 Å². The predicted octanol–water partition coefficient (Wildman–Crippen LogP) is 1.55. The van der Waals surface area contributed by atoms with Crippen molar-refractivity contribution in [2.75, 3.05) is 0 Å². The Morgan fingerprint density at radius 3 is 2.52 bits per heavy atom. The zero-order chi connectivity index (χ0) is 22.4. The topological polar surface area (TPSA) is 159 Å². The second-order valence-corrected chi connectivity index (χ2v) is 6.69. The Hall–Kier alpha value is -4.21. The lowest BCUT2D eigenvalue weighted by Gasteiger charge is -2.14. The number of hydrogen-bond acceptors (Lipinski definition) is 6. The molecule has 0 spiro atoms. The summed E-state index contributed by atoms with van der Waals surface area (Å²) < 4.78 is 5.68. The third-order valence-corrected chi connectivity index (χ3v) is 4.48. The van der Waals surface area contributed by atoms with Crippen LogP contribution in [0.2, 0.25) is 0 Å². The van der Waals surface area contributed by atoms with Crippen molar-refractivity contribution >= 4 is 28.7 Å². The van der Waals surface area contributed by atoms with Gasteiger partial charge in [0.15, 0.2) is 0 Å². The minimum absolute atomic E-state index is 0.187. The van der Waals surface area contributed by atoms with Crippen LogP contribution in [0.4, 0.5) is 0 Å². The number of nitrogens with zero attached hydrogens (tertiary/aromatic N) is 1. The molecule has 0 radical (unpaired) electrons. The van der Waals surface area contributed by atoms with Crippen molar-refractivity contribution in [2.45, 2.75) is 25.5 Å². The fraction of sp³-hybridized carbons (Fsp3) is 0.190. The first-order valence-corrected chi connectivity index (χ1v) is 9.28. The summed E-state index contributed by atoms with van der Waals surface area (Å²) in [6, 6.07) is 9.94. The molecule has 31 heavy (non-hydrogen) atoms. The summed E-state index contributed by atoms with van der Waals surface area (Å²) >= 11 is 0. The van der Waals surface area contributed by atoms with Gasteiger partial charge in [0.2, 0.25) is 0 Å². The van der Waals surface area contributed by atoms with Gasteiger partial charge in [0.05, 0.1) is 17.2 Å². The van der Waals surface area contributed by atoms with E-state index in [1.54, 1.807) is 30.3 Å². The molecular weight excluding hydrogens is 406 g/mol. The van der Waals surface area contributed by atoms with Crippen molar-refractivity contribution in [3.63, 3.8) is 0 Å². The lowest BCUT2D eigenvalue weighted by atomic mass is 10.1. The number of H-pyrrole nitrogens is 1. The minimum Gasteiger partial charge on any atom is -0.489 e. The number of carboxylic acids is 2. The Morgan fingerprint density at radius 1 is 1.10 bits per heavy atom. The second-order valence-electron chi connectivity index (χ2n) is 6.69. The van der Waals surface area contributed by atoms with Crippen molar-refractivity contribution in [3.8, 4) is 5.75 Å². The van der Waals surface area contributed by atoms with Gasteiger partial charge in [-0.05, 0) is 48.4 Å². The van der Waals surface area contributed by atoms with E-state index in [0.717, 1.165) is 5.56 Å². The molecule has 0 aliphatic heterocycles. The first-order chi connectivity index (χ1) is 14.8. The predicted molar refractivity (Wildman–Crippen MR) is 109 cm³/mol. The first kappa shape index (κ1) is 21.5. The van der Waals surface area contributed by atoms with E-state index in [1.165, 1.54) is 18.5 Å². The number of aromatic nitrogens is 2. The number of aromatic amines is 1. The Morgan fingerprint density at radius 2 is 1.84 bits per heavy atom. The van der Waals surface area contributed by atoms with Gasteiger partial charge in [0.25, 0.3) is 11.5 Å². The van der Waals surface area contributed by atoms with Crippen molar-refractivity contribution < 1.29 is 29.3 Å². The largest absolute Gasteiger partial charge is 0.489 e. The molecule has 0 fully saturated rings. The van der Waals surface area contributed by atoms with E-state index in [1.807, 2.05) is 0 Å². The van der Waals surface area contributed by atoms with Gasteiger partial charge in [-0.2, -0.15) is 0 Å². The second kappa shape index (κ2) is 9.53. The Bertz CT molecular complexity index is 1170. The van der Waals surface area contributed by atoms with Crippen LogP contribution in [-0.2, 0) is 16.2 Å². The molecule has 3 aromatic rings. The van der Waals surface area contributed by atoms with Crippen LogP contribution >= 0.6 is 0 Å². The van der Waals surface area contributed by atoms with Gasteiger partial charge in [0.1, 0.15) is 18.4 Å². The third-order valence-electron chi connectivity index (χ3n) is 4.48. The van der Waals surface area contributed by atoms with E-state index >= 15 is 0 Å². The number of carbonyl (C=O) groups is 3. The van der Waals surface area contributed by atoms with Crippen LogP contribution < -0.4 is 15.6 Å². The molecule has 0 aliphatic rings. The van der Waals surface area contributed by atoms with Gasteiger partial charge in [-0.25, -0.2) is 9.78 Å². The molecule has 160 valence electrons. The highest BCUT2D eigenvalue weighted by Gasteiger charge is 2.21. The number of ether oxygens (including phenoxy) is 1. The average molecular weight is 425 g/mol. The van der Waals surface area contributed by atoms with Crippen LogP contribution in [0.1, 0.15) is 28.8 Å². The van der Waals surface area contributed by atoms with Gasteiger partial charge >= 0.3 is 11.9 Å². The number of aliphatic carboxylic acids is 2. The van der Waals surface area contributed by atoms with Crippen molar-refractivity contribution in [1.82, 2.24) is 15.3 Å². The maximum Gasteiger partial charge on any atom is 0.326 e. The molecule has 1 amide bonds. The fourth-order valence-electron chi connectivity index (χ4n) is 2.84. The highest BCUT2D eigenvalue weighted by Crippen LogP contribution is 2.16. The Balaban J connectivity index is 1.61. The standard InChI is InChI=1S/C21H19N3O7/c25-18(26)8-7-17(21(29)30)24-19(27)13-2-4-14(5-3-13)31-10-12-1-6-16-15(9-12)20(28)23-11-22-16/h1-6,9,11,17H,7-8,10H2,(H,24,27)(H,25,26)(H,29,30)(H,22,23,28). The van der Waals surface area contributed by atoms with E-state index in [4.69, 9.17) is 14.9 Å². The minimum atomic E-state index is -1.31. The number of benzene rings is 2. The number of carboxylic acid groups (broad SMARTS) is 2. The van der Waals surface area contributed by atoms with Crippen molar-refractivity contribution in [1.29, 1.82) is 0 Å². The van der Waals surface area contributed by atoms with Gasteiger partial charge in [-0.1, -0.05) is 6.07 Å². The van der Waals surface area contributed by atoms with E-state index in [0.29, 0.717) is 16.7 Å². The summed E-state index contributed by atoms with van der Waals surface area (Å²) in [5.74, 6) is -2.61. The smallest absolute Gasteiger partial charge is 0.326 e. The summed E-state index contributed by atoms with van der Waals surface area (Å²) in [4.78, 5) is 52.5. The molecule has 1 aromatic heterocycles. The van der Waals surface area contributed by atoms with Gasteiger partial charge < -0.3 is 25.3 Å². The molecule has 0 saturated heterocycles. The van der Waals surface area contributed by atoms with Crippen LogP contribution in [0.5, 0.6) is 5.75 Å². The quantitative estimate of drug-likeness (QED) is 0.402. The van der Waals surface area contributed by atoms with Crippen LogP contribution in [0, 0.1) is 0 Å². The molecule has 3 rings (SSSR count). The zero-order valence-electron chi connectivity index (χ0n) is 16.2. The molecule has 1 unspecified atom stereocenters. The lowest BCUT2D eigenvalue weighted by molar-refractivity contribution is -0.140. The molecular formula is C21H19N3O7. The molecule has 10 nitrogen and oxygen atoms in total. The highest BCUT2D eigenvalue weighted by molar-refractivity contribution is 5.96. The Labute approximate surface area is 175 Å².